The summed E-state index contributed by atoms with van der Waals surface area (Å²) in [6.07, 6.45) is 2.86. The predicted molar refractivity (Wildman–Crippen MR) is 123 cm³/mol. The summed E-state index contributed by atoms with van der Waals surface area (Å²) >= 11 is 0. The normalized spacial score (nSPS) is 13.3. The zero-order valence-electron chi connectivity index (χ0n) is 17.7. The molecule has 0 saturated carbocycles. The number of pyridine rings is 1. The fourth-order valence-corrected chi connectivity index (χ4v) is 3.80. The summed E-state index contributed by atoms with van der Waals surface area (Å²) in [7, 11) is 0. The molecule has 2 aromatic carbocycles. The van der Waals surface area contributed by atoms with Gasteiger partial charge >= 0.3 is 0 Å². The number of benzene rings is 2. The molecule has 3 aromatic rings. The van der Waals surface area contributed by atoms with E-state index in [2.05, 4.69) is 15.6 Å². The van der Waals surface area contributed by atoms with Crippen molar-refractivity contribution in [3.63, 3.8) is 0 Å². The van der Waals surface area contributed by atoms with Crippen LogP contribution in [0.5, 0.6) is 0 Å². The Morgan fingerprint density at radius 3 is 2.75 bits per heavy atom. The van der Waals surface area contributed by atoms with Crippen LogP contribution < -0.4 is 21.3 Å². The highest BCUT2D eigenvalue weighted by Gasteiger charge is 2.23. The Kier molecular flexibility index (Phi) is 6.02. The molecule has 0 atom stereocenters. The van der Waals surface area contributed by atoms with Gasteiger partial charge in [-0.25, -0.2) is 9.37 Å². The van der Waals surface area contributed by atoms with Crippen LogP contribution in [0.2, 0.25) is 0 Å². The third kappa shape index (κ3) is 4.69. The van der Waals surface area contributed by atoms with E-state index in [4.69, 9.17) is 5.73 Å². The molecule has 164 valence electrons. The molecule has 2 amide bonds. The molecule has 0 unspecified atom stereocenters. The average molecular weight is 433 g/mol. The number of rotatable bonds is 7. The molecule has 0 radical (unpaired) electrons. The van der Waals surface area contributed by atoms with Crippen LogP contribution in [0, 0.1) is 12.7 Å². The second kappa shape index (κ2) is 9.05. The van der Waals surface area contributed by atoms with Crippen LogP contribution >= 0.6 is 0 Å². The third-order valence-electron chi connectivity index (χ3n) is 5.37. The standard InChI is InChI=1S/C24H24FN5O2/c1-15-10-18(7-8-21(15)30-9-3-6-23(30)31)29-22-12-20(19(14-28-22)24(26)32)27-13-16-4-2-5-17(25)11-16/h2,4-5,7-8,10-12,14H,3,6,9,13H2,1H3,(H2,26,32)(H2,27,28,29). The quantitative estimate of drug-likeness (QED) is 0.521. The topological polar surface area (TPSA) is 100 Å². The molecule has 1 aliphatic rings. The molecule has 8 heteroatoms. The number of aromatic nitrogens is 1. The lowest BCUT2D eigenvalue weighted by Gasteiger charge is -2.19. The van der Waals surface area contributed by atoms with Crippen LogP contribution in [0.25, 0.3) is 0 Å². The van der Waals surface area contributed by atoms with E-state index in [9.17, 15) is 14.0 Å². The Balaban J connectivity index is 1.53. The van der Waals surface area contributed by atoms with Gasteiger partial charge in [-0.3, -0.25) is 9.59 Å². The van der Waals surface area contributed by atoms with Gasteiger partial charge in [0.1, 0.15) is 11.6 Å². The number of nitrogens with zero attached hydrogens (tertiary/aromatic N) is 2. The Hall–Kier alpha value is -3.94. The van der Waals surface area contributed by atoms with Gasteiger partial charge in [0.15, 0.2) is 0 Å². The number of hydrogen-bond acceptors (Lipinski definition) is 5. The first-order valence-electron chi connectivity index (χ1n) is 10.4. The van der Waals surface area contributed by atoms with E-state index >= 15 is 0 Å². The predicted octanol–water partition coefficient (Wildman–Crippen LogP) is 4.11. The number of hydrogen-bond donors (Lipinski definition) is 3. The number of halogens is 1. The van der Waals surface area contributed by atoms with Gasteiger partial charge in [-0.05, 0) is 54.8 Å². The summed E-state index contributed by atoms with van der Waals surface area (Å²) in [5.41, 5.74) is 9.64. The van der Waals surface area contributed by atoms with Crippen LogP contribution in [0.4, 0.5) is 27.3 Å². The average Bonchev–Trinajstić information content (AvgIpc) is 3.18. The van der Waals surface area contributed by atoms with E-state index in [1.54, 1.807) is 18.2 Å². The number of nitrogens with two attached hydrogens (primary N) is 1. The van der Waals surface area contributed by atoms with Crippen molar-refractivity contribution in [1.29, 1.82) is 0 Å². The van der Waals surface area contributed by atoms with E-state index in [0.717, 1.165) is 35.5 Å². The summed E-state index contributed by atoms with van der Waals surface area (Å²) in [6.45, 7) is 3.02. The van der Waals surface area contributed by atoms with Gasteiger partial charge in [0.2, 0.25) is 5.91 Å². The molecule has 32 heavy (non-hydrogen) atoms. The Morgan fingerprint density at radius 2 is 2.06 bits per heavy atom. The summed E-state index contributed by atoms with van der Waals surface area (Å²) < 4.78 is 13.4. The first kappa shape index (κ1) is 21.3. The highest BCUT2D eigenvalue weighted by atomic mass is 19.1. The van der Waals surface area contributed by atoms with Gasteiger partial charge < -0.3 is 21.3 Å². The summed E-state index contributed by atoms with van der Waals surface area (Å²) in [5, 5.41) is 6.36. The monoisotopic (exact) mass is 433 g/mol. The van der Waals surface area contributed by atoms with Crippen molar-refractivity contribution in [2.45, 2.75) is 26.3 Å². The molecule has 4 rings (SSSR count). The van der Waals surface area contributed by atoms with Crippen molar-refractivity contribution in [3.8, 4) is 0 Å². The van der Waals surface area contributed by atoms with Gasteiger partial charge in [-0.1, -0.05) is 12.1 Å². The Morgan fingerprint density at radius 1 is 1.22 bits per heavy atom. The number of carbonyl (C=O) groups excluding carboxylic acids is 2. The van der Waals surface area contributed by atoms with E-state index in [1.807, 2.05) is 30.0 Å². The van der Waals surface area contributed by atoms with Crippen molar-refractivity contribution in [2.24, 2.45) is 5.73 Å². The summed E-state index contributed by atoms with van der Waals surface area (Å²) in [5.74, 6) is -0.278. The van der Waals surface area contributed by atoms with Crippen molar-refractivity contribution in [2.75, 3.05) is 22.1 Å². The molecule has 7 nitrogen and oxygen atoms in total. The zero-order valence-corrected chi connectivity index (χ0v) is 17.7. The lowest BCUT2D eigenvalue weighted by Crippen LogP contribution is -2.24. The van der Waals surface area contributed by atoms with Gasteiger partial charge in [0, 0.05) is 43.1 Å². The molecule has 0 spiro atoms. The molecule has 1 aliphatic heterocycles. The fourth-order valence-electron chi connectivity index (χ4n) is 3.80. The molecule has 0 aliphatic carbocycles. The smallest absolute Gasteiger partial charge is 0.252 e. The van der Waals surface area contributed by atoms with Crippen LogP contribution in [0.3, 0.4) is 0 Å². The fraction of sp³-hybridized carbons (Fsp3) is 0.208. The highest BCUT2D eigenvalue weighted by Crippen LogP contribution is 2.29. The number of aryl methyl sites for hydroxylation is 1. The summed E-state index contributed by atoms with van der Waals surface area (Å²) in [6, 6.07) is 13.7. The summed E-state index contributed by atoms with van der Waals surface area (Å²) in [4.78, 5) is 30.0. The largest absolute Gasteiger partial charge is 0.380 e. The van der Waals surface area contributed by atoms with Crippen LogP contribution in [-0.4, -0.2) is 23.3 Å². The van der Waals surface area contributed by atoms with Gasteiger partial charge in [0.25, 0.3) is 5.91 Å². The van der Waals surface area contributed by atoms with E-state index < -0.39 is 5.91 Å². The minimum absolute atomic E-state index is 0.145. The lowest BCUT2D eigenvalue weighted by molar-refractivity contribution is -0.117. The second-order valence-electron chi connectivity index (χ2n) is 7.74. The molecule has 1 saturated heterocycles. The molecule has 1 aromatic heterocycles. The minimum Gasteiger partial charge on any atom is -0.380 e. The maximum absolute atomic E-state index is 13.4. The van der Waals surface area contributed by atoms with Crippen molar-refractivity contribution >= 4 is 34.7 Å². The maximum atomic E-state index is 13.4. The number of primary amides is 1. The van der Waals surface area contributed by atoms with Gasteiger partial charge in [-0.15, -0.1) is 0 Å². The van der Waals surface area contributed by atoms with Crippen LogP contribution in [0.1, 0.15) is 34.3 Å². The molecule has 0 bridgehead atoms. The van der Waals surface area contributed by atoms with Gasteiger partial charge in [-0.2, -0.15) is 0 Å². The zero-order chi connectivity index (χ0) is 22.7. The molecular weight excluding hydrogens is 409 g/mol. The van der Waals surface area contributed by atoms with Crippen LogP contribution in [-0.2, 0) is 11.3 Å². The van der Waals surface area contributed by atoms with E-state index in [1.165, 1.54) is 18.3 Å². The number of amides is 2. The minimum atomic E-state index is -0.610. The lowest BCUT2D eigenvalue weighted by atomic mass is 10.1. The first-order chi connectivity index (χ1) is 15.4. The third-order valence-corrected chi connectivity index (χ3v) is 5.37. The number of carbonyl (C=O) groups is 2. The molecular formula is C24H24FN5O2. The first-order valence-corrected chi connectivity index (χ1v) is 10.4. The van der Waals surface area contributed by atoms with Crippen LogP contribution in [0.15, 0.2) is 54.7 Å². The Bertz CT molecular complexity index is 1180. The molecule has 2 heterocycles. The van der Waals surface area contributed by atoms with Crippen molar-refractivity contribution in [1.82, 2.24) is 4.98 Å². The van der Waals surface area contributed by atoms with Gasteiger partial charge in [0.05, 0.1) is 11.3 Å². The SMILES string of the molecule is Cc1cc(Nc2cc(NCc3cccc(F)c3)c(C(N)=O)cn2)ccc1N1CCCC1=O. The molecule has 1 fully saturated rings. The highest BCUT2D eigenvalue weighted by molar-refractivity contribution is 5.99. The van der Waals surface area contributed by atoms with E-state index in [-0.39, 0.29) is 17.3 Å². The second-order valence-corrected chi connectivity index (χ2v) is 7.74. The number of anilines is 4. The van der Waals surface area contributed by atoms with E-state index in [0.29, 0.717) is 24.5 Å². The maximum Gasteiger partial charge on any atom is 0.252 e. The number of nitrogens with one attached hydrogen (secondary N) is 2. The molecule has 4 N–H and O–H groups in total. The van der Waals surface area contributed by atoms with Crippen molar-refractivity contribution in [3.05, 3.63) is 77.2 Å². The van der Waals surface area contributed by atoms with Crippen molar-refractivity contribution < 1.29 is 14.0 Å². The Labute approximate surface area is 185 Å².